The van der Waals surface area contributed by atoms with Gasteiger partial charge in [-0.3, -0.25) is 14.2 Å². The minimum Gasteiger partial charge on any atom is -0.350 e. The van der Waals surface area contributed by atoms with Crippen molar-refractivity contribution in [1.82, 2.24) is 19.9 Å². The van der Waals surface area contributed by atoms with Gasteiger partial charge in [0.15, 0.2) is 0 Å². The van der Waals surface area contributed by atoms with Crippen molar-refractivity contribution in [2.75, 3.05) is 0 Å². The second kappa shape index (κ2) is 7.08. The maximum absolute atomic E-state index is 12.8. The van der Waals surface area contributed by atoms with Crippen LogP contribution in [0.1, 0.15) is 11.1 Å². The number of benzene rings is 2. The van der Waals surface area contributed by atoms with Crippen LogP contribution in [0.4, 0.5) is 13.2 Å². The van der Waals surface area contributed by atoms with E-state index in [1.807, 2.05) is 24.3 Å². The van der Waals surface area contributed by atoms with Crippen LogP contribution < -0.4 is 10.9 Å². The molecule has 29 heavy (non-hydrogen) atoms. The number of carbonyl (C=O) groups excluding carboxylic acids is 1. The molecule has 2 aromatic carbocycles. The van der Waals surface area contributed by atoms with Gasteiger partial charge in [0.05, 0.1) is 11.9 Å². The molecule has 0 atom stereocenters. The zero-order chi connectivity index (χ0) is 20.6. The molecule has 0 fully saturated rings. The minimum absolute atomic E-state index is 0.0838. The molecular formula is C20H15F3N4O2. The van der Waals surface area contributed by atoms with Crippen molar-refractivity contribution in [3.63, 3.8) is 0 Å². The quantitative estimate of drug-likeness (QED) is 0.552. The Labute approximate surface area is 162 Å². The van der Waals surface area contributed by atoms with Crippen LogP contribution >= 0.6 is 0 Å². The number of hydrogen-bond donors (Lipinski definition) is 2. The molecule has 0 aliphatic carbocycles. The SMILES string of the molecule is O=C(Cn1cnc2c([nH]c3ccccc32)c1=O)NCc1cccc(C(F)(F)F)c1. The fourth-order valence-corrected chi connectivity index (χ4v) is 3.12. The molecule has 2 N–H and O–H groups in total. The molecule has 2 aromatic heterocycles. The summed E-state index contributed by atoms with van der Waals surface area (Å²) in [4.78, 5) is 32.1. The summed E-state index contributed by atoms with van der Waals surface area (Å²) in [6, 6.07) is 12.0. The van der Waals surface area contributed by atoms with Crippen LogP contribution in [0, 0.1) is 0 Å². The standard InChI is InChI=1S/C20H15F3N4O2/c21-20(22,23)13-5-3-4-12(8-13)9-24-16(28)10-27-11-25-17-14-6-1-2-7-15(14)26-18(17)19(27)29/h1-8,11,26H,9-10H2,(H,24,28). The number of nitrogens with zero attached hydrogens (tertiary/aromatic N) is 2. The first kappa shape index (κ1) is 18.7. The van der Waals surface area contributed by atoms with E-state index in [2.05, 4.69) is 15.3 Å². The first-order valence-corrected chi connectivity index (χ1v) is 8.71. The molecule has 0 aliphatic rings. The van der Waals surface area contributed by atoms with E-state index in [0.29, 0.717) is 16.6 Å². The minimum atomic E-state index is -4.45. The lowest BCUT2D eigenvalue weighted by atomic mass is 10.1. The third-order valence-electron chi connectivity index (χ3n) is 4.54. The Morgan fingerprint density at radius 2 is 1.93 bits per heavy atom. The number of nitrogens with one attached hydrogen (secondary N) is 2. The van der Waals surface area contributed by atoms with Crippen LogP contribution in [-0.2, 0) is 24.1 Å². The Morgan fingerprint density at radius 1 is 1.14 bits per heavy atom. The van der Waals surface area contributed by atoms with E-state index in [1.165, 1.54) is 18.5 Å². The predicted molar refractivity (Wildman–Crippen MR) is 101 cm³/mol. The van der Waals surface area contributed by atoms with E-state index < -0.39 is 23.2 Å². The number of fused-ring (bicyclic) bond motifs is 3. The summed E-state index contributed by atoms with van der Waals surface area (Å²) < 4.78 is 39.5. The molecule has 0 spiro atoms. The van der Waals surface area contributed by atoms with Gasteiger partial charge in [0, 0.05) is 17.4 Å². The van der Waals surface area contributed by atoms with Crippen LogP contribution in [0.25, 0.3) is 21.9 Å². The lowest BCUT2D eigenvalue weighted by molar-refractivity contribution is -0.137. The lowest BCUT2D eigenvalue weighted by Crippen LogP contribution is -2.32. The highest BCUT2D eigenvalue weighted by molar-refractivity contribution is 6.04. The van der Waals surface area contributed by atoms with E-state index in [0.717, 1.165) is 27.6 Å². The summed E-state index contributed by atoms with van der Waals surface area (Å²) in [6.45, 7) is -0.379. The number of alkyl halides is 3. The second-order valence-electron chi connectivity index (χ2n) is 6.55. The van der Waals surface area contributed by atoms with Gasteiger partial charge in [0.25, 0.3) is 5.56 Å². The van der Waals surface area contributed by atoms with Gasteiger partial charge in [-0.15, -0.1) is 0 Å². The van der Waals surface area contributed by atoms with Gasteiger partial charge in [-0.25, -0.2) is 4.98 Å². The maximum atomic E-state index is 12.8. The Hall–Kier alpha value is -3.62. The number of amides is 1. The number of hydrogen-bond acceptors (Lipinski definition) is 3. The van der Waals surface area contributed by atoms with E-state index in [4.69, 9.17) is 0 Å². The van der Waals surface area contributed by atoms with Crippen molar-refractivity contribution >= 4 is 27.8 Å². The van der Waals surface area contributed by atoms with Gasteiger partial charge >= 0.3 is 6.18 Å². The third-order valence-corrected chi connectivity index (χ3v) is 4.54. The first-order chi connectivity index (χ1) is 13.8. The summed E-state index contributed by atoms with van der Waals surface area (Å²) in [6.07, 6.45) is -3.16. The number of aromatic nitrogens is 3. The first-order valence-electron chi connectivity index (χ1n) is 8.71. The van der Waals surface area contributed by atoms with Crippen molar-refractivity contribution in [1.29, 1.82) is 0 Å². The van der Waals surface area contributed by atoms with Gasteiger partial charge in [-0.05, 0) is 23.8 Å². The van der Waals surface area contributed by atoms with Crippen LogP contribution in [-0.4, -0.2) is 20.4 Å². The topological polar surface area (TPSA) is 79.8 Å². The molecule has 1 amide bonds. The molecule has 2 heterocycles. The normalized spacial score (nSPS) is 11.8. The highest BCUT2D eigenvalue weighted by Gasteiger charge is 2.30. The van der Waals surface area contributed by atoms with E-state index >= 15 is 0 Å². The third kappa shape index (κ3) is 3.71. The number of carbonyl (C=O) groups is 1. The summed E-state index contributed by atoms with van der Waals surface area (Å²) in [5, 5.41) is 3.33. The number of aromatic amines is 1. The Balaban J connectivity index is 1.50. The second-order valence-corrected chi connectivity index (χ2v) is 6.55. The molecule has 0 bridgehead atoms. The van der Waals surface area contributed by atoms with Crippen molar-refractivity contribution < 1.29 is 18.0 Å². The van der Waals surface area contributed by atoms with Gasteiger partial charge in [-0.2, -0.15) is 13.2 Å². The molecule has 0 saturated heterocycles. The molecule has 4 aromatic rings. The summed E-state index contributed by atoms with van der Waals surface area (Å²) in [5.74, 6) is -0.512. The summed E-state index contributed by atoms with van der Waals surface area (Å²) in [5.41, 5.74) is 0.698. The molecule has 0 aliphatic heterocycles. The van der Waals surface area contributed by atoms with Gasteiger partial charge < -0.3 is 10.3 Å². The molecule has 0 unspecified atom stereocenters. The average molecular weight is 400 g/mol. The van der Waals surface area contributed by atoms with Crippen molar-refractivity contribution in [2.45, 2.75) is 19.3 Å². The number of halogens is 3. The van der Waals surface area contributed by atoms with Gasteiger partial charge in [-0.1, -0.05) is 30.3 Å². The van der Waals surface area contributed by atoms with Crippen molar-refractivity contribution in [3.05, 3.63) is 76.3 Å². The van der Waals surface area contributed by atoms with Crippen LogP contribution in [0.3, 0.4) is 0 Å². The smallest absolute Gasteiger partial charge is 0.350 e. The predicted octanol–water partition coefficient (Wildman–Crippen LogP) is 3.21. The largest absolute Gasteiger partial charge is 0.416 e. The van der Waals surface area contributed by atoms with Crippen LogP contribution in [0.15, 0.2) is 59.7 Å². The van der Waals surface area contributed by atoms with Crippen molar-refractivity contribution in [3.8, 4) is 0 Å². The van der Waals surface area contributed by atoms with Crippen molar-refractivity contribution in [2.24, 2.45) is 0 Å². The maximum Gasteiger partial charge on any atom is 0.416 e. The molecule has 0 saturated carbocycles. The monoisotopic (exact) mass is 400 g/mol. The molecule has 9 heteroatoms. The molecule has 0 radical (unpaired) electrons. The zero-order valence-corrected chi connectivity index (χ0v) is 15.0. The fraction of sp³-hybridized carbons (Fsp3) is 0.150. The molecular weight excluding hydrogens is 385 g/mol. The van der Waals surface area contributed by atoms with Gasteiger partial charge in [0.1, 0.15) is 17.6 Å². The van der Waals surface area contributed by atoms with E-state index in [1.54, 1.807) is 0 Å². The lowest BCUT2D eigenvalue weighted by Gasteiger charge is -2.10. The van der Waals surface area contributed by atoms with Crippen LogP contribution in [0.2, 0.25) is 0 Å². The van der Waals surface area contributed by atoms with E-state index in [-0.39, 0.29) is 13.1 Å². The van der Waals surface area contributed by atoms with Gasteiger partial charge in [0.2, 0.25) is 5.91 Å². The highest BCUT2D eigenvalue weighted by Crippen LogP contribution is 2.29. The number of H-pyrrole nitrogens is 1. The summed E-state index contributed by atoms with van der Waals surface area (Å²) >= 11 is 0. The Bertz CT molecular complexity index is 1270. The highest BCUT2D eigenvalue weighted by atomic mass is 19.4. The Kier molecular flexibility index (Phi) is 4.57. The van der Waals surface area contributed by atoms with Crippen LogP contribution in [0.5, 0.6) is 0 Å². The number of rotatable bonds is 4. The Morgan fingerprint density at radius 3 is 2.72 bits per heavy atom. The average Bonchev–Trinajstić information content (AvgIpc) is 3.08. The zero-order valence-electron chi connectivity index (χ0n) is 15.0. The molecule has 6 nitrogen and oxygen atoms in total. The molecule has 148 valence electrons. The summed E-state index contributed by atoms with van der Waals surface area (Å²) in [7, 11) is 0. The number of para-hydroxylation sites is 1. The fourth-order valence-electron chi connectivity index (χ4n) is 3.12. The molecule has 4 rings (SSSR count). The van der Waals surface area contributed by atoms with E-state index in [9.17, 15) is 22.8 Å².